The van der Waals surface area contributed by atoms with Crippen LogP contribution in [0.2, 0.25) is 0 Å². The summed E-state index contributed by atoms with van der Waals surface area (Å²) in [4.78, 5) is 26.6. The van der Waals surface area contributed by atoms with Crippen LogP contribution in [-0.4, -0.2) is 58.1 Å². The van der Waals surface area contributed by atoms with Crippen LogP contribution in [0.15, 0.2) is 5.38 Å². The first-order valence-corrected chi connectivity index (χ1v) is 9.53. The van der Waals surface area contributed by atoms with Crippen molar-refractivity contribution in [1.29, 1.82) is 0 Å². The van der Waals surface area contributed by atoms with E-state index in [1.807, 2.05) is 0 Å². The number of hydrogen-bond acceptors (Lipinski definition) is 6. The zero-order valence-electron chi connectivity index (χ0n) is 13.8. The van der Waals surface area contributed by atoms with Gasteiger partial charge in [0.05, 0.1) is 12.6 Å². The number of aromatic nitrogens is 2. The van der Waals surface area contributed by atoms with E-state index in [-0.39, 0.29) is 30.5 Å². The predicted octanol–water partition coefficient (Wildman–Crippen LogP) is 1.61. The monoisotopic (exact) mass is 352 g/mol. The average Bonchev–Trinajstić information content (AvgIpc) is 3.28. The van der Waals surface area contributed by atoms with Crippen molar-refractivity contribution in [3.63, 3.8) is 0 Å². The Morgan fingerprint density at radius 3 is 2.75 bits per heavy atom. The van der Waals surface area contributed by atoms with Gasteiger partial charge in [0.2, 0.25) is 5.91 Å². The van der Waals surface area contributed by atoms with E-state index in [0.29, 0.717) is 12.2 Å². The molecule has 0 spiro atoms. The molecule has 2 amide bonds. The third-order valence-corrected chi connectivity index (χ3v) is 5.12. The summed E-state index contributed by atoms with van der Waals surface area (Å²) >= 11 is 1.14. The van der Waals surface area contributed by atoms with Gasteiger partial charge in [0.25, 0.3) is 5.91 Å². The Bertz CT molecular complexity index is 540. The maximum Gasteiger partial charge on any atom is 0.275 e. The number of rotatable bonds is 6. The molecule has 1 atom stereocenters. The van der Waals surface area contributed by atoms with E-state index in [4.69, 9.17) is 4.74 Å². The lowest BCUT2D eigenvalue weighted by Crippen LogP contribution is -2.47. The number of nitrogens with zero attached hydrogens (tertiary/aromatic N) is 3. The third kappa shape index (κ3) is 4.73. The zero-order valence-corrected chi connectivity index (χ0v) is 14.6. The molecule has 0 aromatic carbocycles. The molecule has 1 saturated carbocycles. The fourth-order valence-electron chi connectivity index (χ4n) is 3.37. The van der Waals surface area contributed by atoms with E-state index in [1.54, 1.807) is 10.3 Å². The van der Waals surface area contributed by atoms with Crippen LogP contribution in [0.25, 0.3) is 0 Å². The number of ether oxygens (including phenoxy) is 1. The molecule has 0 radical (unpaired) electrons. The topological polar surface area (TPSA) is 84.4 Å². The molecule has 132 valence electrons. The highest BCUT2D eigenvalue weighted by molar-refractivity contribution is 7.03. The summed E-state index contributed by atoms with van der Waals surface area (Å²) in [5, 5.41) is 8.52. The van der Waals surface area contributed by atoms with Gasteiger partial charge in [-0.2, -0.15) is 0 Å². The fourth-order valence-corrected chi connectivity index (χ4v) is 3.80. The lowest BCUT2D eigenvalue weighted by Gasteiger charge is -2.27. The Morgan fingerprint density at radius 2 is 2.08 bits per heavy atom. The number of hydrogen-bond donors (Lipinski definition) is 1. The van der Waals surface area contributed by atoms with Crippen molar-refractivity contribution >= 4 is 23.3 Å². The van der Waals surface area contributed by atoms with Gasteiger partial charge in [-0.15, -0.1) is 5.10 Å². The van der Waals surface area contributed by atoms with Gasteiger partial charge in [-0.25, -0.2) is 0 Å². The molecule has 1 N–H and O–H groups in total. The molecule has 1 aromatic rings. The molecule has 2 fully saturated rings. The molecule has 3 rings (SSSR count). The van der Waals surface area contributed by atoms with Crippen LogP contribution in [-0.2, 0) is 9.53 Å². The van der Waals surface area contributed by atoms with Crippen LogP contribution >= 0.6 is 11.5 Å². The van der Waals surface area contributed by atoms with E-state index in [0.717, 1.165) is 56.7 Å². The summed E-state index contributed by atoms with van der Waals surface area (Å²) in [6.45, 7) is 1.19. The van der Waals surface area contributed by atoms with Crippen LogP contribution in [0.4, 0.5) is 0 Å². The molecular weight excluding hydrogens is 328 g/mol. The van der Waals surface area contributed by atoms with Gasteiger partial charge in [-0.1, -0.05) is 23.8 Å². The SMILES string of the molecule is O=C(CN(CC1CCCO1)C(=O)c1csnn1)NC1CCCCC1. The minimum atomic E-state index is -0.252. The smallest absolute Gasteiger partial charge is 0.275 e. The van der Waals surface area contributed by atoms with Crippen molar-refractivity contribution in [2.24, 2.45) is 0 Å². The second-order valence-corrected chi connectivity index (χ2v) is 7.12. The van der Waals surface area contributed by atoms with Crippen LogP contribution in [0.3, 0.4) is 0 Å². The molecule has 7 nitrogen and oxygen atoms in total. The summed E-state index contributed by atoms with van der Waals surface area (Å²) in [6.07, 6.45) is 7.54. The van der Waals surface area contributed by atoms with Gasteiger partial charge in [0.1, 0.15) is 0 Å². The van der Waals surface area contributed by atoms with Crippen molar-refractivity contribution < 1.29 is 14.3 Å². The number of nitrogens with one attached hydrogen (secondary N) is 1. The number of amides is 2. The second kappa shape index (κ2) is 8.53. The maximum atomic E-state index is 12.6. The van der Waals surface area contributed by atoms with Gasteiger partial charge in [0, 0.05) is 24.6 Å². The first-order chi connectivity index (χ1) is 11.7. The summed E-state index contributed by atoms with van der Waals surface area (Å²) in [5.41, 5.74) is 0.295. The lowest BCUT2D eigenvalue weighted by atomic mass is 9.95. The molecule has 2 aliphatic rings. The third-order valence-electron chi connectivity index (χ3n) is 4.62. The Balaban J connectivity index is 1.59. The summed E-state index contributed by atoms with van der Waals surface area (Å²) < 4.78 is 9.37. The highest BCUT2D eigenvalue weighted by atomic mass is 32.1. The van der Waals surface area contributed by atoms with E-state index in [2.05, 4.69) is 14.9 Å². The van der Waals surface area contributed by atoms with Crippen LogP contribution in [0, 0.1) is 0 Å². The van der Waals surface area contributed by atoms with E-state index in [1.165, 1.54) is 6.42 Å². The van der Waals surface area contributed by atoms with Crippen LogP contribution in [0.5, 0.6) is 0 Å². The minimum absolute atomic E-state index is 0.00280. The zero-order chi connectivity index (χ0) is 16.8. The van der Waals surface area contributed by atoms with Crippen LogP contribution in [0.1, 0.15) is 55.4 Å². The van der Waals surface area contributed by atoms with Gasteiger partial charge in [-0.05, 0) is 37.2 Å². The van der Waals surface area contributed by atoms with Crippen molar-refractivity contribution in [3.8, 4) is 0 Å². The first-order valence-electron chi connectivity index (χ1n) is 8.69. The maximum absolute atomic E-state index is 12.6. The van der Waals surface area contributed by atoms with Crippen molar-refractivity contribution in [3.05, 3.63) is 11.1 Å². The highest BCUT2D eigenvalue weighted by Gasteiger charge is 2.27. The van der Waals surface area contributed by atoms with Crippen LogP contribution < -0.4 is 5.32 Å². The summed E-state index contributed by atoms with van der Waals surface area (Å²) in [5.74, 6) is -0.352. The molecule has 1 unspecified atom stereocenters. The minimum Gasteiger partial charge on any atom is -0.376 e. The Kier molecular flexibility index (Phi) is 6.14. The first kappa shape index (κ1) is 17.3. The lowest BCUT2D eigenvalue weighted by molar-refractivity contribution is -0.123. The Labute approximate surface area is 145 Å². The molecule has 1 saturated heterocycles. The van der Waals surface area contributed by atoms with E-state index >= 15 is 0 Å². The van der Waals surface area contributed by atoms with Gasteiger partial charge in [0.15, 0.2) is 5.69 Å². The highest BCUT2D eigenvalue weighted by Crippen LogP contribution is 2.18. The second-order valence-electron chi connectivity index (χ2n) is 6.51. The average molecular weight is 352 g/mol. The molecule has 2 heterocycles. The Hall–Kier alpha value is -1.54. The quantitative estimate of drug-likeness (QED) is 0.841. The predicted molar refractivity (Wildman–Crippen MR) is 89.8 cm³/mol. The largest absolute Gasteiger partial charge is 0.376 e. The van der Waals surface area contributed by atoms with Gasteiger partial charge < -0.3 is 15.0 Å². The molecule has 1 aliphatic heterocycles. The number of carbonyl (C=O) groups excluding carboxylic acids is 2. The molecule has 0 bridgehead atoms. The van der Waals surface area contributed by atoms with Crippen molar-refractivity contribution in [1.82, 2.24) is 19.8 Å². The molecule has 1 aliphatic carbocycles. The van der Waals surface area contributed by atoms with Crippen molar-refractivity contribution in [2.75, 3.05) is 19.7 Å². The normalized spacial score (nSPS) is 21.6. The standard InChI is InChI=1S/C16H24N4O3S/c21-15(17-12-5-2-1-3-6-12)10-20(9-13-7-4-8-23-13)16(22)14-11-24-19-18-14/h11-13H,1-10H2,(H,17,21). The number of carbonyl (C=O) groups is 2. The summed E-state index contributed by atoms with van der Waals surface area (Å²) in [7, 11) is 0. The molecule has 24 heavy (non-hydrogen) atoms. The van der Waals surface area contributed by atoms with Gasteiger partial charge in [-0.3, -0.25) is 9.59 Å². The molecule has 8 heteroatoms. The Morgan fingerprint density at radius 1 is 1.25 bits per heavy atom. The van der Waals surface area contributed by atoms with Gasteiger partial charge >= 0.3 is 0 Å². The van der Waals surface area contributed by atoms with E-state index in [9.17, 15) is 9.59 Å². The molecule has 1 aromatic heterocycles. The fraction of sp³-hybridized carbons (Fsp3) is 0.750. The van der Waals surface area contributed by atoms with E-state index < -0.39 is 0 Å². The van der Waals surface area contributed by atoms with Crippen molar-refractivity contribution in [2.45, 2.75) is 57.1 Å². The summed E-state index contributed by atoms with van der Waals surface area (Å²) in [6, 6.07) is 0.242. The molecular formula is C16H24N4O3S.